The van der Waals surface area contributed by atoms with Gasteiger partial charge in [0.15, 0.2) is 0 Å². The quantitative estimate of drug-likeness (QED) is 0.710. The van der Waals surface area contributed by atoms with Crippen molar-refractivity contribution in [1.82, 2.24) is 9.80 Å². The lowest BCUT2D eigenvalue weighted by atomic mass is 10.1. The first-order valence-electron chi connectivity index (χ1n) is 9.61. The molecule has 2 aromatic carbocycles. The highest BCUT2D eigenvalue weighted by molar-refractivity contribution is 6.01. The molecule has 0 aromatic heterocycles. The van der Waals surface area contributed by atoms with Gasteiger partial charge in [-0.1, -0.05) is 24.3 Å². The minimum absolute atomic E-state index is 0.00216. The van der Waals surface area contributed by atoms with Crippen molar-refractivity contribution in [3.05, 3.63) is 70.8 Å². The number of carbonyl (C=O) groups excluding carboxylic acids is 3. The van der Waals surface area contributed by atoms with Gasteiger partial charge < -0.3 is 4.90 Å². The van der Waals surface area contributed by atoms with E-state index >= 15 is 0 Å². The minimum atomic E-state index is -0.149. The van der Waals surface area contributed by atoms with Crippen LogP contribution in [0.1, 0.15) is 53.7 Å². The van der Waals surface area contributed by atoms with Crippen LogP contribution in [0, 0.1) is 11.3 Å². The first-order valence-corrected chi connectivity index (χ1v) is 9.61. The Morgan fingerprint density at radius 3 is 2.07 bits per heavy atom. The van der Waals surface area contributed by atoms with E-state index in [0.717, 1.165) is 11.1 Å². The van der Waals surface area contributed by atoms with Gasteiger partial charge in [0.25, 0.3) is 5.91 Å². The van der Waals surface area contributed by atoms with Gasteiger partial charge in [-0.3, -0.25) is 19.3 Å². The lowest BCUT2D eigenvalue weighted by molar-refractivity contribution is -0.139. The Kier molecular flexibility index (Phi) is 6.08. The Balaban J connectivity index is 1.71. The van der Waals surface area contributed by atoms with Crippen molar-refractivity contribution in [2.75, 3.05) is 0 Å². The van der Waals surface area contributed by atoms with E-state index in [1.807, 2.05) is 26.0 Å². The molecule has 29 heavy (non-hydrogen) atoms. The summed E-state index contributed by atoms with van der Waals surface area (Å²) in [4.78, 5) is 39.6. The second-order valence-electron chi connectivity index (χ2n) is 7.41. The van der Waals surface area contributed by atoms with Crippen LogP contribution in [0.5, 0.6) is 0 Å². The molecule has 6 nitrogen and oxygen atoms in total. The van der Waals surface area contributed by atoms with E-state index in [2.05, 4.69) is 6.07 Å². The average Bonchev–Trinajstić information content (AvgIpc) is 3.04. The van der Waals surface area contributed by atoms with Crippen LogP contribution in [0.25, 0.3) is 0 Å². The molecular formula is C23H23N3O3. The highest BCUT2D eigenvalue weighted by Crippen LogP contribution is 2.18. The van der Waals surface area contributed by atoms with Crippen molar-refractivity contribution in [1.29, 1.82) is 5.26 Å². The second-order valence-corrected chi connectivity index (χ2v) is 7.41. The summed E-state index contributed by atoms with van der Waals surface area (Å²) in [6, 6.07) is 16.3. The molecule has 0 bridgehead atoms. The van der Waals surface area contributed by atoms with Crippen molar-refractivity contribution < 1.29 is 14.4 Å². The number of hydrogen-bond donors (Lipinski definition) is 0. The van der Waals surface area contributed by atoms with Gasteiger partial charge in [0.2, 0.25) is 11.8 Å². The molecule has 0 aliphatic carbocycles. The highest BCUT2D eigenvalue weighted by atomic mass is 16.2. The van der Waals surface area contributed by atoms with Gasteiger partial charge in [-0.2, -0.15) is 5.26 Å². The summed E-state index contributed by atoms with van der Waals surface area (Å²) >= 11 is 0. The smallest absolute Gasteiger partial charge is 0.254 e. The number of nitrogens with zero attached hydrogens (tertiary/aromatic N) is 3. The molecular weight excluding hydrogens is 366 g/mol. The van der Waals surface area contributed by atoms with Gasteiger partial charge in [-0.25, -0.2) is 0 Å². The van der Waals surface area contributed by atoms with Crippen LogP contribution in [0.15, 0.2) is 48.5 Å². The van der Waals surface area contributed by atoms with E-state index in [-0.39, 0.29) is 43.1 Å². The predicted octanol–water partition coefficient (Wildman–Crippen LogP) is 3.26. The third-order valence-corrected chi connectivity index (χ3v) is 5.02. The fraction of sp³-hybridized carbons (Fsp3) is 0.304. The fourth-order valence-electron chi connectivity index (χ4n) is 3.27. The molecule has 0 unspecified atom stereocenters. The van der Waals surface area contributed by atoms with Crippen molar-refractivity contribution in [3.63, 3.8) is 0 Å². The number of benzene rings is 2. The van der Waals surface area contributed by atoms with Gasteiger partial charge in [-0.15, -0.1) is 0 Å². The van der Waals surface area contributed by atoms with Crippen LogP contribution in [0.2, 0.25) is 0 Å². The van der Waals surface area contributed by atoms with Crippen LogP contribution in [0.4, 0.5) is 0 Å². The maximum absolute atomic E-state index is 13.0. The Morgan fingerprint density at radius 2 is 1.55 bits per heavy atom. The lowest BCUT2D eigenvalue weighted by Crippen LogP contribution is -2.36. The van der Waals surface area contributed by atoms with Crippen molar-refractivity contribution >= 4 is 17.7 Å². The summed E-state index contributed by atoms with van der Waals surface area (Å²) in [7, 11) is 0. The molecule has 1 fully saturated rings. The van der Waals surface area contributed by atoms with Gasteiger partial charge in [0.1, 0.15) is 0 Å². The Morgan fingerprint density at radius 1 is 1.00 bits per heavy atom. The largest absolute Gasteiger partial charge is 0.332 e. The number of nitriles is 1. The van der Waals surface area contributed by atoms with Gasteiger partial charge in [0.05, 0.1) is 18.2 Å². The number of carbonyl (C=O) groups is 3. The van der Waals surface area contributed by atoms with Crippen LogP contribution < -0.4 is 0 Å². The fourth-order valence-corrected chi connectivity index (χ4v) is 3.27. The predicted molar refractivity (Wildman–Crippen MR) is 107 cm³/mol. The van der Waals surface area contributed by atoms with E-state index in [1.165, 1.54) is 4.90 Å². The molecule has 0 radical (unpaired) electrons. The third-order valence-electron chi connectivity index (χ3n) is 5.02. The molecule has 3 rings (SSSR count). The molecule has 1 saturated heterocycles. The normalized spacial score (nSPS) is 13.7. The number of likely N-dealkylation sites (tertiary alicyclic amines) is 1. The molecule has 2 aromatic rings. The molecule has 6 heteroatoms. The summed E-state index contributed by atoms with van der Waals surface area (Å²) in [6.45, 7) is 4.60. The zero-order valence-electron chi connectivity index (χ0n) is 16.6. The average molecular weight is 389 g/mol. The zero-order chi connectivity index (χ0) is 21.0. The van der Waals surface area contributed by atoms with Crippen molar-refractivity contribution in [2.24, 2.45) is 0 Å². The maximum Gasteiger partial charge on any atom is 0.254 e. The van der Waals surface area contributed by atoms with Crippen molar-refractivity contribution in [2.45, 2.75) is 45.8 Å². The van der Waals surface area contributed by atoms with Gasteiger partial charge in [-0.05, 0) is 49.2 Å². The number of imide groups is 1. The van der Waals surface area contributed by atoms with Crippen LogP contribution >= 0.6 is 0 Å². The van der Waals surface area contributed by atoms with Crippen LogP contribution in [0.3, 0.4) is 0 Å². The SMILES string of the molecule is CC(C)N(Cc1ccc(C#N)cc1)C(=O)c1ccc(CN2C(=O)CCC2=O)cc1. The molecule has 148 valence electrons. The van der Waals surface area contributed by atoms with Crippen molar-refractivity contribution in [3.8, 4) is 6.07 Å². The Labute approximate surface area is 170 Å². The van der Waals surface area contributed by atoms with E-state index in [0.29, 0.717) is 17.7 Å². The maximum atomic E-state index is 13.0. The number of hydrogen-bond acceptors (Lipinski definition) is 4. The summed E-state index contributed by atoms with van der Waals surface area (Å²) in [5, 5.41) is 8.92. The molecule has 0 N–H and O–H groups in total. The zero-order valence-corrected chi connectivity index (χ0v) is 16.6. The van der Waals surface area contributed by atoms with Crippen LogP contribution in [-0.4, -0.2) is 33.6 Å². The van der Waals surface area contributed by atoms with E-state index in [9.17, 15) is 14.4 Å². The van der Waals surface area contributed by atoms with E-state index < -0.39 is 0 Å². The second kappa shape index (κ2) is 8.70. The Hall–Kier alpha value is -3.46. The summed E-state index contributed by atoms with van der Waals surface area (Å²) in [5.41, 5.74) is 2.90. The number of rotatable bonds is 6. The first-order chi connectivity index (χ1) is 13.9. The molecule has 0 spiro atoms. The first kappa shape index (κ1) is 20.3. The van der Waals surface area contributed by atoms with Gasteiger partial charge in [0, 0.05) is 31.0 Å². The van der Waals surface area contributed by atoms with Gasteiger partial charge >= 0.3 is 0 Å². The lowest BCUT2D eigenvalue weighted by Gasteiger charge is -2.27. The van der Waals surface area contributed by atoms with Crippen LogP contribution in [-0.2, 0) is 22.7 Å². The molecule has 0 atom stereocenters. The molecule has 1 aliphatic heterocycles. The number of amides is 3. The summed E-state index contributed by atoms with van der Waals surface area (Å²) in [5.74, 6) is -0.392. The Bertz CT molecular complexity index is 940. The molecule has 3 amide bonds. The van der Waals surface area contributed by atoms with E-state index in [4.69, 9.17) is 5.26 Å². The summed E-state index contributed by atoms with van der Waals surface area (Å²) < 4.78 is 0. The molecule has 1 aliphatic rings. The minimum Gasteiger partial charge on any atom is -0.332 e. The molecule has 0 saturated carbocycles. The third kappa shape index (κ3) is 4.69. The topological polar surface area (TPSA) is 81.5 Å². The van der Waals surface area contributed by atoms with E-state index in [1.54, 1.807) is 41.3 Å². The highest BCUT2D eigenvalue weighted by Gasteiger charge is 2.28. The molecule has 1 heterocycles. The monoisotopic (exact) mass is 389 g/mol. The standard InChI is InChI=1S/C23H23N3O3/c1-16(2)25(14-18-5-3-17(13-24)4-6-18)23(29)20-9-7-19(8-10-20)15-26-21(27)11-12-22(26)28/h3-10,16H,11-12,14-15H2,1-2H3. The summed E-state index contributed by atoms with van der Waals surface area (Å²) in [6.07, 6.45) is 0.544.